The SMILES string of the molecule is CCOC(=O)[C@H]1C(=O)N2[C@@H](c3ccccc3)OC[C@@H]2[C@H]1CC(=O)OC(C)(C)C. The Balaban J connectivity index is 1.87. The Labute approximate surface area is 164 Å². The standard InChI is InChI=1S/C21H27NO6/c1-5-26-20(25)17-14(11-16(23)28-21(2,3)4)15-12-27-19(22(15)18(17)24)13-9-7-6-8-10-13/h6-10,14-15,17,19H,5,11-12H2,1-4H3/t14-,15-,17-,19-/m1/s1. The molecular formula is C21H27NO6. The van der Waals surface area contributed by atoms with E-state index < -0.39 is 35.6 Å². The van der Waals surface area contributed by atoms with Crippen molar-refractivity contribution in [3.8, 4) is 0 Å². The molecule has 28 heavy (non-hydrogen) atoms. The summed E-state index contributed by atoms with van der Waals surface area (Å²) in [7, 11) is 0. The van der Waals surface area contributed by atoms with Crippen LogP contribution in [0.1, 0.15) is 45.9 Å². The molecule has 152 valence electrons. The van der Waals surface area contributed by atoms with Crippen LogP contribution in [-0.2, 0) is 28.6 Å². The minimum atomic E-state index is -1.02. The van der Waals surface area contributed by atoms with E-state index in [1.165, 1.54) is 0 Å². The molecular weight excluding hydrogens is 362 g/mol. The molecule has 0 N–H and O–H groups in total. The van der Waals surface area contributed by atoms with Crippen LogP contribution in [0.4, 0.5) is 0 Å². The van der Waals surface area contributed by atoms with E-state index in [4.69, 9.17) is 14.2 Å². The topological polar surface area (TPSA) is 82.1 Å². The van der Waals surface area contributed by atoms with E-state index in [0.29, 0.717) is 0 Å². The lowest BCUT2D eigenvalue weighted by molar-refractivity contribution is -0.158. The number of carbonyl (C=O) groups excluding carboxylic acids is 3. The van der Waals surface area contributed by atoms with Crippen molar-refractivity contribution in [3.63, 3.8) is 0 Å². The van der Waals surface area contributed by atoms with Gasteiger partial charge in [0.1, 0.15) is 11.5 Å². The molecule has 2 fully saturated rings. The molecule has 2 aliphatic heterocycles. The van der Waals surface area contributed by atoms with Crippen LogP contribution in [0, 0.1) is 11.8 Å². The lowest BCUT2D eigenvalue weighted by atomic mass is 9.87. The molecule has 1 aromatic rings. The van der Waals surface area contributed by atoms with E-state index in [-0.39, 0.29) is 31.6 Å². The van der Waals surface area contributed by atoms with Crippen LogP contribution >= 0.6 is 0 Å². The van der Waals surface area contributed by atoms with Crippen molar-refractivity contribution in [1.82, 2.24) is 4.90 Å². The number of ether oxygens (including phenoxy) is 3. The Morgan fingerprint density at radius 3 is 2.50 bits per heavy atom. The van der Waals surface area contributed by atoms with Gasteiger partial charge in [0.05, 0.1) is 25.7 Å². The van der Waals surface area contributed by atoms with Crippen LogP contribution in [0.5, 0.6) is 0 Å². The van der Waals surface area contributed by atoms with Gasteiger partial charge in [0.25, 0.3) is 0 Å². The number of hydrogen-bond acceptors (Lipinski definition) is 6. The highest BCUT2D eigenvalue weighted by atomic mass is 16.6. The maximum Gasteiger partial charge on any atom is 0.318 e. The predicted molar refractivity (Wildman–Crippen MR) is 99.8 cm³/mol. The summed E-state index contributed by atoms with van der Waals surface area (Å²) in [4.78, 5) is 39.7. The summed E-state index contributed by atoms with van der Waals surface area (Å²) in [5.41, 5.74) is 0.191. The van der Waals surface area contributed by atoms with Gasteiger partial charge in [0, 0.05) is 11.5 Å². The first-order valence-corrected chi connectivity index (χ1v) is 9.60. The van der Waals surface area contributed by atoms with Gasteiger partial charge in [-0.15, -0.1) is 0 Å². The van der Waals surface area contributed by atoms with Crippen LogP contribution < -0.4 is 0 Å². The van der Waals surface area contributed by atoms with Gasteiger partial charge in [-0.05, 0) is 27.7 Å². The van der Waals surface area contributed by atoms with Gasteiger partial charge in [-0.2, -0.15) is 0 Å². The van der Waals surface area contributed by atoms with Crippen LogP contribution in [-0.4, -0.2) is 47.6 Å². The van der Waals surface area contributed by atoms with E-state index in [0.717, 1.165) is 5.56 Å². The molecule has 7 nitrogen and oxygen atoms in total. The first kappa shape index (κ1) is 20.3. The quantitative estimate of drug-likeness (QED) is 0.568. The molecule has 4 atom stereocenters. The number of fused-ring (bicyclic) bond motifs is 1. The highest BCUT2D eigenvalue weighted by Gasteiger charge is 2.58. The van der Waals surface area contributed by atoms with Gasteiger partial charge in [-0.1, -0.05) is 30.3 Å². The molecule has 2 aliphatic rings. The second-order valence-electron chi connectivity index (χ2n) is 8.09. The van der Waals surface area contributed by atoms with Crippen LogP contribution in [0.3, 0.4) is 0 Å². The third-order valence-corrected chi connectivity index (χ3v) is 4.93. The molecule has 1 amide bonds. The predicted octanol–water partition coefficient (Wildman–Crippen LogP) is 2.45. The second kappa shape index (κ2) is 7.91. The van der Waals surface area contributed by atoms with Crippen molar-refractivity contribution >= 4 is 17.8 Å². The highest BCUT2D eigenvalue weighted by molar-refractivity contribution is 6.01. The summed E-state index contributed by atoms with van der Waals surface area (Å²) >= 11 is 0. The second-order valence-corrected chi connectivity index (χ2v) is 8.09. The molecule has 0 saturated carbocycles. The van der Waals surface area contributed by atoms with Gasteiger partial charge < -0.3 is 19.1 Å². The lowest BCUT2D eigenvalue weighted by Crippen LogP contribution is -2.34. The largest absolute Gasteiger partial charge is 0.465 e. The highest BCUT2D eigenvalue weighted by Crippen LogP contribution is 2.45. The van der Waals surface area contributed by atoms with Gasteiger partial charge in [0.15, 0.2) is 6.23 Å². The molecule has 1 aromatic carbocycles. The number of benzene rings is 1. The van der Waals surface area contributed by atoms with Gasteiger partial charge in [0.2, 0.25) is 5.91 Å². The summed E-state index contributed by atoms with van der Waals surface area (Å²) in [6, 6.07) is 9.00. The lowest BCUT2D eigenvalue weighted by Gasteiger charge is -2.24. The number of amides is 1. The zero-order chi connectivity index (χ0) is 20.5. The molecule has 0 bridgehead atoms. The Kier molecular flexibility index (Phi) is 5.74. The van der Waals surface area contributed by atoms with Gasteiger partial charge >= 0.3 is 11.9 Å². The minimum Gasteiger partial charge on any atom is -0.465 e. The zero-order valence-electron chi connectivity index (χ0n) is 16.7. The van der Waals surface area contributed by atoms with E-state index >= 15 is 0 Å². The maximum absolute atomic E-state index is 13.2. The summed E-state index contributed by atoms with van der Waals surface area (Å²) in [6.45, 7) is 7.47. The smallest absolute Gasteiger partial charge is 0.318 e. The van der Waals surface area contributed by atoms with Crippen molar-refractivity contribution in [2.75, 3.05) is 13.2 Å². The maximum atomic E-state index is 13.2. The number of nitrogens with zero attached hydrogens (tertiary/aromatic N) is 1. The van der Waals surface area contributed by atoms with Crippen LogP contribution in [0.2, 0.25) is 0 Å². The molecule has 7 heteroatoms. The molecule has 0 radical (unpaired) electrons. The van der Waals surface area contributed by atoms with Crippen molar-refractivity contribution in [3.05, 3.63) is 35.9 Å². The number of carbonyl (C=O) groups is 3. The summed E-state index contributed by atoms with van der Waals surface area (Å²) in [5, 5.41) is 0. The Morgan fingerprint density at radius 1 is 1.21 bits per heavy atom. The Hall–Kier alpha value is -2.41. The third-order valence-electron chi connectivity index (χ3n) is 4.93. The average molecular weight is 389 g/mol. The van der Waals surface area contributed by atoms with Crippen molar-refractivity contribution < 1.29 is 28.6 Å². The van der Waals surface area contributed by atoms with Crippen LogP contribution in [0.25, 0.3) is 0 Å². The zero-order valence-corrected chi connectivity index (χ0v) is 16.7. The monoisotopic (exact) mass is 389 g/mol. The van der Waals surface area contributed by atoms with E-state index in [1.807, 2.05) is 30.3 Å². The molecule has 0 aliphatic carbocycles. The fourth-order valence-corrected chi connectivity index (χ4v) is 3.91. The molecule has 0 aromatic heterocycles. The summed E-state index contributed by atoms with van der Waals surface area (Å²) < 4.78 is 16.4. The van der Waals surface area contributed by atoms with Crippen molar-refractivity contribution in [2.24, 2.45) is 11.8 Å². The molecule has 3 rings (SSSR count). The fourth-order valence-electron chi connectivity index (χ4n) is 3.91. The number of rotatable bonds is 5. The van der Waals surface area contributed by atoms with E-state index in [1.54, 1.807) is 32.6 Å². The van der Waals surface area contributed by atoms with Crippen molar-refractivity contribution in [2.45, 2.75) is 52.0 Å². The molecule has 0 unspecified atom stereocenters. The first-order valence-electron chi connectivity index (χ1n) is 9.60. The third kappa shape index (κ3) is 4.04. The van der Waals surface area contributed by atoms with Crippen molar-refractivity contribution in [1.29, 1.82) is 0 Å². The number of esters is 2. The summed E-state index contributed by atoms with van der Waals surface area (Å²) in [6.07, 6.45) is -0.613. The molecule has 0 spiro atoms. The fraction of sp³-hybridized carbons (Fsp3) is 0.571. The van der Waals surface area contributed by atoms with Gasteiger partial charge in [-0.3, -0.25) is 14.4 Å². The Bertz CT molecular complexity index is 741. The summed E-state index contributed by atoms with van der Waals surface area (Å²) in [5.74, 6) is -2.96. The first-order chi connectivity index (χ1) is 13.2. The minimum absolute atomic E-state index is 0.0431. The molecule has 2 heterocycles. The average Bonchev–Trinajstić information content (AvgIpc) is 3.15. The normalized spacial score (nSPS) is 26.9. The number of hydrogen-bond donors (Lipinski definition) is 0. The molecule has 2 saturated heterocycles. The Morgan fingerprint density at radius 2 is 1.89 bits per heavy atom. The van der Waals surface area contributed by atoms with E-state index in [2.05, 4.69) is 0 Å². The van der Waals surface area contributed by atoms with Gasteiger partial charge in [-0.25, -0.2) is 0 Å². The van der Waals surface area contributed by atoms with Crippen LogP contribution in [0.15, 0.2) is 30.3 Å². The van der Waals surface area contributed by atoms with E-state index in [9.17, 15) is 14.4 Å².